The van der Waals surface area contributed by atoms with Gasteiger partial charge in [0.15, 0.2) is 0 Å². The van der Waals surface area contributed by atoms with Gasteiger partial charge in [0.1, 0.15) is 0 Å². The molecule has 0 radical (unpaired) electrons. The quantitative estimate of drug-likeness (QED) is 0.289. The summed E-state index contributed by atoms with van der Waals surface area (Å²) in [6.45, 7) is 5.22. The molecule has 0 aromatic heterocycles. The first-order valence-corrected chi connectivity index (χ1v) is 8.21. The summed E-state index contributed by atoms with van der Waals surface area (Å²) in [6.07, 6.45) is 21.3. The molecule has 0 rings (SSSR count). The molecule has 4 nitrogen and oxygen atoms in total. The Morgan fingerprint density at radius 2 is 1.36 bits per heavy atom. The lowest BCUT2D eigenvalue weighted by Crippen LogP contribution is -2.16. The molecule has 0 fully saturated rings. The minimum atomic E-state index is -0.384. The SMILES string of the molecule is C.CC/C=C/C=C/C=C/C=C/C=CCCC(=O)OCOC(=O)C(C)C. The van der Waals surface area contributed by atoms with E-state index >= 15 is 0 Å². The molecular weight excluding hydrogens is 316 g/mol. The first kappa shape index (κ1) is 24.9. The van der Waals surface area contributed by atoms with Crippen LogP contribution in [0.15, 0.2) is 60.8 Å². The van der Waals surface area contributed by atoms with Gasteiger partial charge in [-0.3, -0.25) is 9.59 Å². The molecule has 0 bridgehead atoms. The topological polar surface area (TPSA) is 52.6 Å². The molecule has 0 aromatic carbocycles. The summed E-state index contributed by atoms with van der Waals surface area (Å²) in [5.74, 6) is -0.988. The first-order chi connectivity index (χ1) is 11.6. The van der Waals surface area contributed by atoms with E-state index in [4.69, 9.17) is 9.47 Å². The Morgan fingerprint density at radius 3 is 1.88 bits per heavy atom. The molecule has 0 N–H and O–H groups in total. The van der Waals surface area contributed by atoms with Crippen LogP contribution >= 0.6 is 0 Å². The Hall–Kier alpha value is -2.36. The van der Waals surface area contributed by atoms with Gasteiger partial charge in [-0.05, 0) is 12.8 Å². The van der Waals surface area contributed by atoms with Crippen LogP contribution in [0, 0.1) is 5.92 Å². The molecule has 0 amide bonds. The molecule has 0 aliphatic carbocycles. The number of esters is 2. The minimum Gasteiger partial charge on any atom is -0.428 e. The summed E-state index contributed by atoms with van der Waals surface area (Å²) in [5.41, 5.74) is 0. The standard InChI is InChI=1S/C20H28O4.CH4/c1-4-5-6-7-8-9-10-11-12-13-14-15-16-19(21)23-17-24-20(22)18(2)3;/h5-14,18H,4,15-17H2,1-3H3;1H4/b6-5+,8-7+,10-9+,12-11+,14-13?;. The van der Waals surface area contributed by atoms with Crippen molar-refractivity contribution in [2.24, 2.45) is 5.92 Å². The molecule has 0 aliphatic heterocycles. The molecular formula is C21H32O4. The molecule has 0 aromatic rings. The van der Waals surface area contributed by atoms with Gasteiger partial charge in [0, 0.05) is 6.42 Å². The van der Waals surface area contributed by atoms with Crippen LogP contribution < -0.4 is 0 Å². The number of hydrogen-bond donors (Lipinski definition) is 0. The second-order valence-electron chi connectivity index (χ2n) is 5.21. The fourth-order valence-corrected chi connectivity index (χ4v) is 1.37. The van der Waals surface area contributed by atoms with Crippen LogP contribution in [0.2, 0.25) is 0 Å². The van der Waals surface area contributed by atoms with Gasteiger partial charge >= 0.3 is 11.9 Å². The molecule has 25 heavy (non-hydrogen) atoms. The van der Waals surface area contributed by atoms with Crippen LogP contribution in [0.25, 0.3) is 0 Å². The van der Waals surface area contributed by atoms with Gasteiger partial charge in [-0.25, -0.2) is 0 Å². The highest BCUT2D eigenvalue weighted by atomic mass is 16.7. The number of hydrogen-bond acceptors (Lipinski definition) is 4. The van der Waals surface area contributed by atoms with Crippen molar-refractivity contribution in [3.05, 3.63) is 60.8 Å². The molecule has 0 saturated carbocycles. The van der Waals surface area contributed by atoms with E-state index in [1.54, 1.807) is 13.8 Å². The number of carbonyl (C=O) groups is 2. The van der Waals surface area contributed by atoms with Crippen LogP contribution in [0.1, 0.15) is 47.5 Å². The zero-order valence-corrected chi connectivity index (χ0v) is 14.8. The van der Waals surface area contributed by atoms with Crippen molar-refractivity contribution in [2.75, 3.05) is 6.79 Å². The minimum absolute atomic E-state index is 0. The second kappa shape index (κ2) is 18.0. The molecule has 4 heteroatoms. The van der Waals surface area contributed by atoms with Gasteiger partial charge in [0.2, 0.25) is 6.79 Å². The van der Waals surface area contributed by atoms with E-state index in [0.717, 1.165) is 6.42 Å². The van der Waals surface area contributed by atoms with Crippen LogP contribution in [0.5, 0.6) is 0 Å². The Labute approximate surface area is 152 Å². The largest absolute Gasteiger partial charge is 0.428 e. The van der Waals surface area contributed by atoms with E-state index in [-0.39, 0.29) is 38.5 Å². The number of rotatable bonds is 11. The van der Waals surface area contributed by atoms with Crippen molar-refractivity contribution in [2.45, 2.75) is 47.5 Å². The lowest BCUT2D eigenvalue weighted by Gasteiger charge is -2.07. The zero-order valence-electron chi connectivity index (χ0n) is 14.8. The lowest BCUT2D eigenvalue weighted by atomic mass is 10.2. The summed E-state index contributed by atoms with van der Waals surface area (Å²) < 4.78 is 9.56. The number of ether oxygens (including phenoxy) is 2. The van der Waals surface area contributed by atoms with E-state index in [1.165, 1.54) is 0 Å². The molecule has 0 spiro atoms. The predicted octanol–water partition coefficient (Wildman–Crippen LogP) is 5.29. The fourth-order valence-electron chi connectivity index (χ4n) is 1.37. The smallest absolute Gasteiger partial charge is 0.311 e. The Balaban J connectivity index is 0. The van der Waals surface area contributed by atoms with Crippen LogP contribution in [-0.4, -0.2) is 18.7 Å². The Bertz CT molecular complexity index is 494. The summed E-state index contributed by atoms with van der Waals surface area (Å²) in [6, 6.07) is 0. The highest BCUT2D eigenvalue weighted by molar-refractivity contribution is 5.72. The zero-order chi connectivity index (χ0) is 18.0. The molecule has 0 unspecified atom stereocenters. The maximum absolute atomic E-state index is 11.4. The van der Waals surface area contributed by atoms with E-state index in [9.17, 15) is 9.59 Å². The molecule has 0 heterocycles. The normalized spacial score (nSPS) is 12.0. The Kier molecular flexibility index (Phi) is 17.9. The summed E-state index contributed by atoms with van der Waals surface area (Å²) in [7, 11) is 0. The van der Waals surface area contributed by atoms with E-state index in [0.29, 0.717) is 6.42 Å². The third-order valence-corrected chi connectivity index (χ3v) is 2.69. The molecule has 0 saturated heterocycles. The highest BCUT2D eigenvalue weighted by Gasteiger charge is 2.09. The Morgan fingerprint density at radius 1 is 0.840 bits per heavy atom. The van der Waals surface area contributed by atoms with Crippen LogP contribution in [-0.2, 0) is 19.1 Å². The maximum Gasteiger partial charge on any atom is 0.311 e. The number of carbonyl (C=O) groups excluding carboxylic acids is 2. The van der Waals surface area contributed by atoms with E-state index < -0.39 is 0 Å². The van der Waals surface area contributed by atoms with Crippen LogP contribution in [0.4, 0.5) is 0 Å². The van der Waals surface area contributed by atoms with Gasteiger partial charge in [-0.1, -0.05) is 89.0 Å². The van der Waals surface area contributed by atoms with Gasteiger partial charge in [0.25, 0.3) is 0 Å². The molecule has 140 valence electrons. The average molecular weight is 348 g/mol. The predicted molar refractivity (Wildman–Crippen MR) is 104 cm³/mol. The van der Waals surface area contributed by atoms with E-state index in [1.807, 2.05) is 54.7 Å². The van der Waals surface area contributed by atoms with Crippen LogP contribution in [0.3, 0.4) is 0 Å². The van der Waals surface area contributed by atoms with Gasteiger partial charge < -0.3 is 9.47 Å². The van der Waals surface area contributed by atoms with Crippen molar-refractivity contribution in [3.63, 3.8) is 0 Å². The van der Waals surface area contributed by atoms with Crippen molar-refractivity contribution in [3.8, 4) is 0 Å². The van der Waals surface area contributed by atoms with E-state index in [2.05, 4.69) is 13.0 Å². The summed E-state index contributed by atoms with van der Waals surface area (Å²) in [5, 5.41) is 0. The summed E-state index contributed by atoms with van der Waals surface area (Å²) in [4.78, 5) is 22.5. The van der Waals surface area contributed by atoms with Crippen molar-refractivity contribution < 1.29 is 19.1 Å². The van der Waals surface area contributed by atoms with Gasteiger partial charge in [-0.15, -0.1) is 0 Å². The molecule has 0 atom stereocenters. The lowest BCUT2D eigenvalue weighted by molar-refractivity contribution is -0.169. The monoisotopic (exact) mass is 348 g/mol. The summed E-state index contributed by atoms with van der Waals surface area (Å²) >= 11 is 0. The third kappa shape index (κ3) is 17.8. The third-order valence-electron chi connectivity index (χ3n) is 2.69. The van der Waals surface area contributed by atoms with Gasteiger partial charge in [0.05, 0.1) is 5.92 Å². The first-order valence-electron chi connectivity index (χ1n) is 8.21. The molecule has 0 aliphatic rings. The number of allylic oxidation sites excluding steroid dienone is 10. The second-order valence-corrected chi connectivity index (χ2v) is 5.21. The van der Waals surface area contributed by atoms with Gasteiger partial charge in [-0.2, -0.15) is 0 Å². The fraction of sp³-hybridized carbons (Fsp3) is 0.429. The maximum atomic E-state index is 11.4. The van der Waals surface area contributed by atoms with Crippen molar-refractivity contribution in [1.29, 1.82) is 0 Å². The van der Waals surface area contributed by atoms with Crippen molar-refractivity contribution in [1.82, 2.24) is 0 Å². The van der Waals surface area contributed by atoms with Crippen molar-refractivity contribution >= 4 is 11.9 Å². The highest BCUT2D eigenvalue weighted by Crippen LogP contribution is 1.98. The average Bonchev–Trinajstić information content (AvgIpc) is 2.55.